The molecule has 18 heavy (non-hydrogen) atoms. The van der Waals surface area contributed by atoms with Gasteiger partial charge in [0.2, 0.25) is 0 Å². The topological polar surface area (TPSA) is 46.2 Å². The monoisotopic (exact) mass is 267 g/mol. The summed E-state index contributed by atoms with van der Waals surface area (Å²) in [5, 5.41) is 3.29. The van der Waals surface area contributed by atoms with E-state index >= 15 is 0 Å². The minimum absolute atomic E-state index is 0.253. The lowest BCUT2D eigenvalue weighted by molar-refractivity contribution is 0.446. The minimum atomic E-state index is -2.88. The van der Waals surface area contributed by atoms with Crippen LogP contribution in [0, 0.1) is 0 Å². The van der Waals surface area contributed by atoms with Gasteiger partial charge in [0.25, 0.3) is 0 Å². The molecule has 2 unspecified atom stereocenters. The van der Waals surface area contributed by atoms with E-state index in [1.165, 1.54) is 17.4 Å². The third kappa shape index (κ3) is 3.12. The molecule has 4 heteroatoms. The third-order valence-corrected chi connectivity index (χ3v) is 4.81. The van der Waals surface area contributed by atoms with Crippen molar-refractivity contribution in [3.63, 3.8) is 0 Å². The molecule has 0 bridgehead atoms. The molecule has 2 rings (SSSR count). The van der Waals surface area contributed by atoms with Gasteiger partial charge < -0.3 is 5.32 Å². The molecular formula is C14H21NO2S. The van der Waals surface area contributed by atoms with Crippen LogP contribution < -0.4 is 5.32 Å². The fourth-order valence-corrected chi connectivity index (χ4v) is 3.58. The van der Waals surface area contributed by atoms with Crippen molar-refractivity contribution in [3.05, 3.63) is 35.4 Å². The van der Waals surface area contributed by atoms with Crippen molar-refractivity contribution >= 4 is 9.84 Å². The zero-order chi connectivity index (χ0) is 13.2. The molecule has 1 N–H and O–H groups in total. The lowest BCUT2D eigenvalue weighted by atomic mass is 9.91. The van der Waals surface area contributed by atoms with Gasteiger partial charge in [0, 0.05) is 12.3 Å². The van der Waals surface area contributed by atoms with Gasteiger partial charge in [-0.15, -0.1) is 0 Å². The average molecular weight is 267 g/mol. The van der Waals surface area contributed by atoms with Crippen molar-refractivity contribution < 1.29 is 8.42 Å². The Bertz CT molecular complexity index is 510. The molecule has 2 atom stereocenters. The maximum absolute atomic E-state index is 11.3. The van der Waals surface area contributed by atoms with Crippen molar-refractivity contribution in [2.75, 3.05) is 19.1 Å². The first-order valence-electron chi connectivity index (χ1n) is 6.44. The normalized spacial score (nSPS) is 20.7. The van der Waals surface area contributed by atoms with Crippen LogP contribution in [0.5, 0.6) is 0 Å². The number of hydrogen-bond acceptors (Lipinski definition) is 3. The van der Waals surface area contributed by atoms with Gasteiger partial charge in [-0.2, -0.15) is 0 Å². The summed E-state index contributed by atoms with van der Waals surface area (Å²) in [6.45, 7) is 0. The molecular weight excluding hydrogens is 246 g/mol. The largest absolute Gasteiger partial charge is 0.316 e. The van der Waals surface area contributed by atoms with Crippen LogP contribution in [0.1, 0.15) is 29.9 Å². The number of nitrogens with one attached hydrogen (secondary N) is 1. The number of rotatable bonds is 5. The molecule has 0 aromatic heterocycles. The van der Waals surface area contributed by atoms with E-state index in [0.29, 0.717) is 12.3 Å². The molecule has 0 aliphatic heterocycles. The predicted molar refractivity (Wildman–Crippen MR) is 74.7 cm³/mol. The molecule has 0 amide bonds. The fraction of sp³-hybridized carbons (Fsp3) is 0.571. The average Bonchev–Trinajstić information content (AvgIpc) is 2.73. The van der Waals surface area contributed by atoms with Crippen molar-refractivity contribution in [2.45, 2.75) is 31.2 Å². The summed E-state index contributed by atoms with van der Waals surface area (Å²) >= 11 is 0. The first-order valence-corrected chi connectivity index (χ1v) is 8.50. The number of likely N-dealkylation sites (N-methyl/N-ethyl adjacent to an activating group) is 1. The smallest absolute Gasteiger partial charge is 0.147 e. The number of aryl methyl sites for hydroxylation is 1. The summed E-state index contributed by atoms with van der Waals surface area (Å²) in [6, 6.07) is 8.76. The van der Waals surface area contributed by atoms with Crippen LogP contribution in [0.3, 0.4) is 0 Å². The molecule has 0 fully saturated rings. The highest BCUT2D eigenvalue weighted by Crippen LogP contribution is 2.36. The Balaban J connectivity index is 2.11. The Kier molecular flexibility index (Phi) is 4.07. The van der Waals surface area contributed by atoms with Gasteiger partial charge in [-0.25, -0.2) is 8.42 Å². The zero-order valence-corrected chi connectivity index (χ0v) is 11.8. The SMILES string of the molecule is CNC(CCS(C)(=O)=O)C1CCc2ccccc21. The summed E-state index contributed by atoms with van der Waals surface area (Å²) in [4.78, 5) is 0. The van der Waals surface area contributed by atoms with E-state index in [9.17, 15) is 8.42 Å². The van der Waals surface area contributed by atoms with E-state index in [-0.39, 0.29) is 11.8 Å². The van der Waals surface area contributed by atoms with Gasteiger partial charge in [-0.3, -0.25) is 0 Å². The highest BCUT2D eigenvalue weighted by atomic mass is 32.2. The van der Waals surface area contributed by atoms with Crippen LogP contribution in [0.2, 0.25) is 0 Å². The Morgan fingerprint density at radius 1 is 1.39 bits per heavy atom. The molecule has 3 nitrogen and oxygen atoms in total. The number of sulfone groups is 1. The molecule has 100 valence electrons. The third-order valence-electron chi connectivity index (χ3n) is 3.84. The molecule has 0 saturated heterocycles. The van der Waals surface area contributed by atoms with Gasteiger partial charge in [-0.1, -0.05) is 24.3 Å². The van der Waals surface area contributed by atoms with Crippen LogP contribution >= 0.6 is 0 Å². The molecule has 0 heterocycles. The Morgan fingerprint density at radius 3 is 2.78 bits per heavy atom. The lowest BCUT2D eigenvalue weighted by Gasteiger charge is -2.23. The Labute approximate surface area is 110 Å². The van der Waals surface area contributed by atoms with Gasteiger partial charge >= 0.3 is 0 Å². The second kappa shape index (κ2) is 5.41. The molecule has 1 aromatic carbocycles. The van der Waals surface area contributed by atoms with Crippen LogP contribution in [0.25, 0.3) is 0 Å². The van der Waals surface area contributed by atoms with Crippen molar-refractivity contribution in [1.29, 1.82) is 0 Å². The molecule has 1 aliphatic carbocycles. The highest BCUT2D eigenvalue weighted by Gasteiger charge is 2.28. The molecule has 1 aromatic rings. The number of hydrogen-bond donors (Lipinski definition) is 1. The van der Waals surface area contributed by atoms with Crippen molar-refractivity contribution in [3.8, 4) is 0 Å². The zero-order valence-electron chi connectivity index (χ0n) is 11.0. The van der Waals surface area contributed by atoms with Crippen LogP contribution in [0.15, 0.2) is 24.3 Å². The molecule has 1 aliphatic rings. The van der Waals surface area contributed by atoms with Gasteiger partial charge in [-0.05, 0) is 43.4 Å². The second-order valence-corrected chi connectivity index (χ2v) is 7.42. The van der Waals surface area contributed by atoms with E-state index in [2.05, 4.69) is 29.6 Å². The first kappa shape index (κ1) is 13.6. The molecule has 0 saturated carbocycles. The van der Waals surface area contributed by atoms with E-state index in [1.54, 1.807) is 0 Å². The summed E-state index contributed by atoms with van der Waals surface area (Å²) in [5.74, 6) is 0.713. The Morgan fingerprint density at radius 2 is 2.11 bits per heavy atom. The lowest BCUT2D eigenvalue weighted by Crippen LogP contribution is -2.33. The maximum Gasteiger partial charge on any atom is 0.147 e. The summed E-state index contributed by atoms with van der Waals surface area (Å²) < 4.78 is 22.6. The van der Waals surface area contributed by atoms with Crippen LogP contribution in [-0.4, -0.2) is 33.5 Å². The standard InChI is InChI=1S/C14H21NO2S/c1-15-14(9-10-18(2,16)17)13-8-7-11-5-3-4-6-12(11)13/h3-6,13-15H,7-10H2,1-2H3. The maximum atomic E-state index is 11.3. The van der Waals surface area contributed by atoms with Crippen molar-refractivity contribution in [2.24, 2.45) is 0 Å². The van der Waals surface area contributed by atoms with Gasteiger partial charge in [0.15, 0.2) is 0 Å². The first-order chi connectivity index (χ1) is 8.51. The fourth-order valence-electron chi connectivity index (χ4n) is 2.90. The predicted octanol–water partition coefficient (Wildman–Crippen LogP) is 1.74. The van der Waals surface area contributed by atoms with Crippen LogP contribution in [0.4, 0.5) is 0 Å². The second-order valence-electron chi connectivity index (χ2n) is 5.16. The van der Waals surface area contributed by atoms with Gasteiger partial charge in [0.05, 0.1) is 5.75 Å². The summed E-state index contributed by atoms with van der Waals surface area (Å²) in [6.07, 6.45) is 4.23. The summed E-state index contributed by atoms with van der Waals surface area (Å²) in [7, 11) is -0.952. The number of fused-ring (bicyclic) bond motifs is 1. The van der Waals surface area contributed by atoms with Crippen molar-refractivity contribution in [1.82, 2.24) is 5.32 Å². The van der Waals surface area contributed by atoms with E-state index in [1.807, 2.05) is 7.05 Å². The number of benzene rings is 1. The summed E-state index contributed by atoms with van der Waals surface area (Å²) in [5.41, 5.74) is 2.81. The molecule has 0 spiro atoms. The van der Waals surface area contributed by atoms with Gasteiger partial charge in [0.1, 0.15) is 9.84 Å². The van der Waals surface area contributed by atoms with E-state index < -0.39 is 9.84 Å². The van der Waals surface area contributed by atoms with Crippen LogP contribution in [-0.2, 0) is 16.3 Å². The molecule has 0 radical (unpaired) electrons. The quantitative estimate of drug-likeness (QED) is 0.884. The Hall–Kier alpha value is -0.870. The van der Waals surface area contributed by atoms with E-state index in [4.69, 9.17) is 0 Å². The highest BCUT2D eigenvalue weighted by molar-refractivity contribution is 7.90. The van der Waals surface area contributed by atoms with E-state index in [0.717, 1.165) is 12.8 Å². The minimum Gasteiger partial charge on any atom is -0.316 e.